The van der Waals surface area contributed by atoms with Crippen molar-refractivity contribution in [3.63, 3.8) is 0 Å². The summed E-state index contributed by atoms with van der Waals surface area (Å²) in [7, 11) is 0. The van der Waals surface area contributed by atoms with E-state index in [1.54, 1.807) is 18.5 Å². The number of anilines is 1. The van der Waals surface area contributed by atoms with Crippen LogP contribution in [0.4, 0.5) is 5.69 Å². The van der Waals surface area contributed by atoms with Gasteiger partial charge in [-0.3, -0.25) is 9.78 Å². The monoisotopic (exact) mass is 267 g/mol. The molecule has 100 valence electrons. The Morgan fingerprint density at radius 3 is 2.94 bits per heavy atom. The fourth-order valence-corrected chi connectivity index (χ4v) is 2.23. The summed E-state index contributed by atoms with van der Waals surface area (Å²) in [6.07, 6.45) is 3.32. The second-order valence-corrected chi connectivity index (χ2v) is 5.30. The molecule has 0 bridgehead atoms. The number of hydrogen-bond donors (Lipinski definition) is 2. The fourth-order valence-electron chi connectivity index (χ4n) is 1.56. The zero-order chi connectivity index (χ0) is 13.4. The van der Waals surface area contributed by atoms with Gasteiger partial charge >= 0.3 is 0 Å². The Hall–Kier alpha value is -1.23. The van der Waals surface area contributed by atoms with E-state index < -0.39 is 0 Å². The first kappa shape index (κ1) is 14.8. The summed E-state index contributed by atoms with van der Waals surface area (Å²) < 4.78 is 0. The highest BCUT2D eigenvalue weighted by molar-refractivity contribution is 7.99. The van der Waals surface area contributed by atoms with Gasteiger partial charge in [-0.05, 0) is 25.7 Å². The second-order valence-electron chi connectivity index (χ2n) is 3.99. The molecule has 2 N–H and O–H groups in total. The van der Waals surface area contributed by atoms with Gasteiger partial charge < -0.3 is 10.6 Å². The van der Waals surface area contributed by atoms with E-state index in [0.717, 1.165) is 23.7 Å². The van der Waals surface area contributed by atoms with Gasteiger partial charge in [0.1, 0.15) is 0 Å². The molecule has 0 radical (unpaired) electrons. The third-order valence-corrected chi connectivity index (χ3v) is 3.53. The Kier molecular flexibility index (Phi) is 6.57. The Balaban J connectivity index is 2.65. The van der Waals surface area contributed by atoms with Crippen LogP contribution in [0.5, 0.6) is 0 Å². The minimum absolute atomic E-state index is 0.0439. The summed E-state index contributed by atoms with van der Waals surface area (Å²) in [6, 6.07) is 1.91. The first-order chi connectivity index (χ1) is 8.69. The molecule has 1 amide bonds. The zero-order valence-electron chi connectivity index (χ0n) is 11.2. The molecule has 5 heteroatoms. The molecule has 18 heavy (non-hydrogen) atoms. The predicted molar refractivity (Wildman–Crippen MR) is 78.3 cm³/mol. The molecule has 1 atom stereocenters. The maximum absolute atomic E-state index is 12.1. The number of rotatable bonds is 7. The number of thioether (sulfide) groups is 1. The highest BCUT2D eigenvalue weighted by Gasteiger charge is 2.13. The average Bonchev–Trinajstić information content (AvgIpc) is 2.37. The minimum atomic E-state index is -0.0439. The average molecular weight is 267 g/mol. The summed E-state index contributed by atoms with van der Waals surface area (Å²) in [6.45, 7) is 6.91. The number of nitrogens with zero attached hydrogens (tertiary/aromatic N) is 1. The van der Waals surface area contributed by atoms with Crippen molar-refractivity contribution >= 4 is 23.4 Å². The normalized spacial score (nSPS) is 11.9. The van der Waals surface area contributed by atoms with Crippen molar-refractivity contribution in [3.8, 4) is 0 Å². The lowest BCUT2D eigenvalue weighted by molar-refractivity contribution is 0.0944. The van der Waals surface area contributed by atoms with Gasteiger partial charge in [0.05, 0.1) is 17.4 Å². The molecule has 4 nitrogen and oxygen atoms in total. The van der Waals surface area contributed by atoms with Gasteiger partial charge in [0.2, 0.25) is 0 Å². The van der Waals surface area contributed by atoms with Crippen molar-refractivity contribution in [2.45, 2.75) is 26.8 Å². The summed E-state index contributed by atoms with van der Waals surface area (Å²) in [4.78, 5) is 16.2. The van der Waals surface area contributed by atoms with E-state index in [4.69, 9.17) is 0 Å². The maximum Gasteiger partial charge on any atom is 0.253 e. The number of hydrogen-bond acceptors (Lipinski definition) is 4. The molecule has 0 saturated heterocycles. The smallest absolute Gasteiger partial charge is 0.253 e. The van der Waals surface area contributed by atoms with Gasteiger partial charge in [-0.1, -0.05) is 6.92 Å². The SMILES string of the molecule is CCNc1cnccc1C(=O)NC(C)CSCC. The van der Waals surface area contributed by atoms with Crippen LogP contribution in [0.25, 0.3) is 0 Å². The van der Waals surface area contributed by atoms with E-state index in [2.05, 4.69) is 22.5 Å². The summed E-state index contributed by atoms with van der Waals surface area (Å²) in [5, 5.41) is 6.15. The lowest BCUT2D eigenvalue weighted by atomic mass is 10.2. The third-order valence-electron chi connectivity index (χ3n) is 2.38. The van der Waals surface area contributed by atoms with Crippen molar-refractivity contribution < 1.29 is 4.79 Å². The lowest BCUT2D eigenvalue weighted by Crippen LogP contribution is -2.34. The van der Waals surface area contributed by atoms with Crippen molar-refractivity contribution in [2.24, 2.45) is 0 Å². The molecular formula is C13H21N3OS. The standard InChI is InChI=1S/C13H21N3OS/c1-4-15-12-8-14-7-6-11(12)13(17)16-10(3)9-18-5-2/h6-8,10,15H,4-5,9H2,1-3H3,(H,16,17). The van der Waals surface area contributed by atoms with Crippen molar-refractivity contribution in [1.29, 1.82) is 0 Å². The molecule has 0 spiro atoms. The van der Waals surface area contributed by atoms with Crippen LogP contribution in [-0.4, -0.2) is 35.0 Å². The molecule has 0 fully saturated rings. The molecule has 1 heterocycles. The number of carbonyl (C=O) groups is 1. The Morgan fingerprint density at radius 1 is 1.50 bits per heavy atom. The van der Waals surface area contributed by atoms with Crippen LogP contribution in [0, 0.1) is 0 Å². The van der Waals surface area contributed by atoms with Crippen LogP contribution in [0.15, 0.2) is 18.5 Å². The van der Waals surface area contributed by atoms with E-state index in [0.29, 0.717) is 5.56 Å². The van der Waals surface area contributed by atoms with E-state index >= 15 is 0 Å². The zero-order valence-corrected chi connectivity index (χ0v) is 12.0. The molecular weight excluding hydrogens is 246 g/mol. The van der Waals surface area contributed by atoms with Gasteiger partial charge in [0.25, 0.3) is 5.91 Å². The number of nitrogens with one attached hydrogen (secondary N) is 2. The fraction of sp³-hybridized carbons (Fsp3) is 0.538. The molecule has 0 aliphatic rings. The number of aromatic nitrogens is 1. The molecule has 0 saturated carbocycles. The summed E-state index contributed by atoms with van der Waals surface area (Å²) in [5.41, 5.74) is 1.44. The van der Waals surface area contributed by atoms with Crippen molar-refractivity contribution in [2.75, 3.05) is 23.4 Å². The molecule has 0 aromatic carbocycles. The van der Waals surface area contributed by atoms with Gasteiger partial charge in [0, 0.05) is 24.5 Å². The molecule has 0 aliphatic carbocycles. The van der Waals surface area contributed by atoms with Gasteiger partial charge in [-0.2, -0.15) is 11.8 Å². The summed E-state index contributed by atoms with van der Waals surface area (Å²) >= 11 is 1.83. The molecule has 1 aromatic rings. The van der Waals surface area contributed by atoms with Crippen molar-refractivity contribution in [1.82, 2.24) is 10.3 Å². The van der Waals surface area contributed by atoms with E-state index in [1.807, 2.05) is 25.6 Å². The van der Waals surface area contributed by atoms with Crippen LogP contribution in [0.1, 0.15) is 31.1 Å². The quantitative estimate of drug-likeness (QED) is 0.796. The maximum atomic E-state index is 12.1. The predicted octanol–water partition coefficient (Wildman–Crippen LogP) is 2.38. The van der Waals surface area contributed by atoms with E-state index in [9.17, 15) is 4.79 Å². The Bertz CT molecular complexity index is 384. The largest absolute Gasteiger partial charge is 0.383 e. The topological polar surface area (TPSA) is 54.0 Å². The highest BCUT2D eigenvalue weighted by atomic mass is 32.2. The molecule has 0 aliphatic heterocycles. The third kappa shape index (κ3) is 4.56. The van der Waals surface area contributed by atoms with E-state index in [1.165, 1.54) is 0 Å². The van der Waals surface area contributed by atoms with Gasteiger partial charge in [-0.15, -0.1) is 0 Å². The Morgan fingerprint density at radius 2 is 2.28 bits per heavy atom. The number of pyridine rings is 1. The first-order valence-corrected chi connectivity index (χ1v) is 7.41. The van der Waals surface area contributed by atoms with Crippen LogP contribution in [-0.2, 0) is 0 Å². The first-order valence-electron chi connectivity index (χ1n) is 6.25. The number of carbonyl (C=O) groups excluding carboxylic acids is 1. The lowest BCUT2D eigenvalue weighted by Gasteiger charge is -2.15. The molecule has 1 aromatic heterocycles. The molecule has 1 unspecified atom stereocenters. The highest BCUT2D eigenvalue weighted by Crippen LogP contribution is 2.13. The number of amides is 1. The van der Waals surface area contributed by atoms with Gasteiger partial charge in [0.15, 0.2) is 0 Å². The van der Waals surface area contributed by atoms with E-state index in [-0.39, 0.29) is 11.9 Å². The molecule has 1 rings (SSSR count). The Labute approximate surface area is 113 Å². The summed E-state index contributed by atoms with van der Waals surface area (Å²) in [5.74, 6) is 1.96. The minimum Gasteiger partial charge on any atom is -0.383 e. The van der Waals surface area contributed by atoms with Crippen LogP contribution >= 0.6 is 11.8 Å². The van der Waals surface area contributed by atoms with Crippen molar-refractivity contribution in [3.05, 3.63) is 24.0 Å². The van der Waals surface area contributed by atoms with Crippen LogP contribution < -0.4 is 10.6 Å². The van der Waals surface area contributed by atoms with Crippen LogP contribution in [0.2, 0.25) is 0 Å². The second kappa shape index (κ2) is 7.97. The van der Waals surface area contributed by atoms with Crippen LogP contribution in [0.3, 0.4) is 0 Å². The van der Waals surface area contributed by atoms with Gasteiger partial charge in [-0.25, -0.2) is 0 Å².